The minimum absolute atomic E-state index is 0.164. The quantitative estimate of drug-likeness (QED) is 0.786. The van der Waals surface area contributed by atoms with Gasteiger partial charge >= 0.3 is 5.97 Å². The smallest absolute Gasteiger partial charge is 0.358 e. The van der Waals surface area contributed by atoms with Crippen LogP contribution in [0.25, 0.3) is 16.6 Å². The summed E-state index contributed by atoms with van der Waals surface area (Å²) in [5.74, 6) is -0.777. The fraction of sp³-hybridized carbons (Fsp3) is 0.0909. The van der Waals surface area contributed by atoms with E-state index < -0.39 is 5.97 Å². The number of aryl methyl sites for hydroxylation is 1. The first-order valence-corrected chi connectivity index (χ1v) is 6.20. The number of thiazole rings is 1. The molecule has 0 unspecified atom stereocenters. The Morgan fingerprint density at radius 1 is 1.53 bits per heavy atom. The van der Waals surface area contributed by atoms with Crippen molar-refractivity contribution in [3.05, 3.63) is 35.2 Å². The molecule has 3 rings (SSSR count). The third kappa shape index (κ3) is 1.91. The van der Waals surface area contributed by atoms with Crippen LogP contribution in [0.2, 0.25) is 0 Å². The van der Waals surface area contributed by atoms with Crippen molar-refractivity contribution in [2.75, 3.05) is 0 Å². The SMILES string of the molecule is Cc1csc(-n2nnc(C(=O)O)c2-c2ccco2)n1. The summed E-state index contributed by atoms with van der Waals surface area (Å²) in [5, 5.41) is 19.1. The molecule has 1 N–H and O–H groups in total. The maximum Gasteiger partial charge on any atom is 0.358 e. The van der Waals surface area contributed by atoms with Gasteiger partial charge in [0.25, 0.3) is 0 Å². The van der Waals surface area contributed by atoms with Gasteiger partial charge in [-0.25, -0.2) is 9.78 Å². The number of aromatic carboxylic acids is 1. The summed E-state index contributed by atoms with van der Waals surface area (Å²) in [5.41, 5.74) is 0.951. The summed E-state index contributed by atoms with van der Waals surface area (Å²) < 4.78 is 6.63. The fourth-order valence-corrected chi connectivity index (χ4v) is 2.39. The average Bonchev–Trinajstić information content (AvgIpc) is 3.06. The molecule has 0 aliphatic rings. The maximum atomic E-state index is 11.2. The van der Waals surface area contributed by atoms with Gasteiger partial charge in [-0.3, -0.25) is 0 Å². The van der Waals surface area contributed by atoms with Crippen molar-refractivity contribution in [1.82, 2.24) is 20.0 Å². The van der Waals surface area contributed by atoms with Crippen LogP contribution >= 0.6 is 11.3 Å². The molecule has 96 valence electrons. The number of carbonyl (C=O) groups is 1. The van der Waals surface area contributed by atoms with Gasteiger partial charge in [0, 0.05) is 5.38 Å². The highest BCUT2D eigenvalue weighted by Crippen LogP contribution is 2.26. The Labute approximate surface area is 111 Å². The van der Waals surface area contributed by atoms with Crippen LogP contribution in [-0.4, -0.2) is 31.1 Å². The predicted octanol–water partition coefficient (Wildman–Crippen LogP) is 1.99. The van der Waals surface area contributed by atoms with E-state index in [0.29, 0.717) is 10.9 Å². The van der Waals surface area contributed by atoms with Gasteiger partial charge in [0.05, 0.1) is 12.0 Å². The lowest BCUT2D eigenvalue weighted by atomic mass is 10.2. The molecular weight excluding hydrogens is 268 g/mol. The topological polar surface area (TPSA) is 94.0 Å². The zero-order valence-corrected chi connectivity index (χ0v) is 10.6. The molecule has 0 radical (unpaired) electrons. The molecule has 0 fully saturated rings. The van der Waals surface area contributed by atoms with Crippen LogP contribution < -0.4 is 0 Å². The molecule has 0 amide bonds. The summed E-state index contributed by atoms with van der Waals surface area (Å²) in [6.45, 7) is 1.85. The molecule has 0 aliphatic carbocycles. The van der Waals surface area contributed by atoms with Gasteiger partial charge in [-0.05, 0) is 19.1 Å². The van der Waals surface area contributed by atoms with Gasteiger partial charge < -0.3 is 9.52 Å². The Balaban J connectivity index is 2.23. The number of hydrogen-bond acceptors (Lipinski definition) is 6. The normalized spacial score (nSPS) is 10.8. The van der Waals surface area contributed by atoms with E-state index in [1.54, 1.807) is 12.1 Å². The Bertz CT molecular complexity index is 729. The summed E-state index contributed by atoms with van der Waals surface area (Å²) in [6.07, 6.45) is 1.46. The zero-order chi connectivity index (χ0) is 13.4. The fourth-order valence-electron chi connectivity index (χ4n) is 1.63. The molecule has 3 heterocycles. The molecule has 0 atom stereocenters. The first-order chi connectivity index (χ1) is 9.16. The van der Waals surface area contributed by atoms with E-state index in [9.17, 15) is 4.79 Å². The molecule has 8 heteroatoms. The molecule has 0 saturated carbocycles. The van der Waals surface area contributed by atoms with Crippen LogP contribution in [0.3, 0.4) is 0 Å². The van der Waals surface area contributed by atoms with Gasteiger partial charge in [-0.2, -0.15) is 4.68 Å². The molecule has 3 aromatic rings. The molecule has 0 bridgehead atoms. The monoisotopic (exact) mass is 276 g/mol. The summed E-state index contributed by atoms with van der Waals surface area (Å²) in [6, 6.07) is 3.33. The third-order valence-electron chi connectivity index (χ3n) is 2.42. The number of furan rings is 1. The van der Waals surface area contributed by atoms with Crippen LogP contribution in [-0.2, 0) is 0 Å². The van der Waals surface area contributed by atoms with Crippen molar-refractivity contribution >= 4 is 17.3 Å². The van der Waals surface area contributed by atoms with E-state index in [-0.39, 0.29) is 11.4 Å². The number of aromatic nitrogens is 4. The minimum atomic E-state index is -1.16. The standard InChI is InChI=1S/C11H8N4O3S/c1-6-5-19-11(12-6)15-9(7-3-2-4-18-7)8(10(16)17)13-14-15/h2-5H,1H3,(H,16,17). The first-order valence-electron chi connectivity index (χ1n) is 5.32. The van der Waals surface area contributed by atoms with Crippen LogP contribution in [0.4, 0.5) is 0 Å². The van der Waals surface area contributed by atoms with Crippen LogP contribution in [0.15, 0.2) is 28.2 Å². The van der Waals surface area contributed by atoms with Gasteiger partial charge in [-0.1, -0.05) is 5.21 Å². The van der Waals surface area contributed by atoms with Gasteiger partial charge in [-0.15, -0.1) is 16.4 Å². The van der Waals surface area contributed by atoms with Crippen molar-refractivity contribution < 1.29 is 14.3 Å². The second-order valence-electron chi connectivity index (χ2n) is 3.75. The molecule has 19 heavy (non-hydrogen) atoms. The lowest BCUT2D eigenvalue weighted by molar-refractivity contribution is 0.0691. The van der Waals surface area contributed by atoms with Gasteiger partial charge in [0.1, 0.15) is 5.69 Å². The Kier molecular flexibility index (Phi) is 2.64. The highest BCUT2D eigenvalue weighted by Gasteiger charge is 2.24. The Hall–Kier alpha value is -2.48. The lowest BCUT2D eigenvalue weighted by Crippen LogP contribution is -2.02. The molecule has 0 spiro atoms. The second-order valence-corrected chi connectivity index (χ2v) is 4.59. The summed E-state index contributed by atoms with van der Waals surface area (Å²) in [7, 11) is 0. The van der Waals surface area contributed by atoms with Crippen LogP contribution in [0.5, 0.6) is 0 Å². The largest absolute Gasteiger partial charge is 0.476 e. The van der Waals surface area contributed by atoms with E-state index in [4.69, 9.17) is 9.52 Å². The van der Waals surface area contributed by atoms with Crippen LogP contribution in [0.1, 0.15) is 16.2 Å². The molecule has 7 nitrogen and oxygen atoms in total. The molecule has 0 aliphatic heterocycles. The highest BCUT2D eigenvalue weighted by molar-refractivity contribution is 7.12. The van der Waals surface area contributed by atoms with Crippen molar-refractivity contribution in [3.63, 3.8) is 0 Å². The third-order valence-corrected chi connectivity index (χ3v) is 3.35. The average molecular weight is 276 g/mol. The number of hydrogen-bond donors (Lipinski definition) is 1. The number of rotatable bonds is 3. The molecule has 0 saturated heterocycles. The van der Waals surface area contributed by atoms with E-state index >= 15 is 0 Å². The predicted molar refractivity (Wildman–Crippen MR) is 66.4 cm³/mol. The molecule has 0 aromatic carbocycles. The summed E-state index contributed by atoms with van der Waals surface area (Å²) in [4.78, 5) is 15.5. The minimum Gasteiger partial charge on any atom is -0.476 e. The van der Waals surface area contributed by atoms with Gasteiger partial charge in [0.2, 0.25) is 10.8 Å². The zero-order valence-electron chi connectivity index (χ0n) is 9.77. The number of carboxylic acid groups (broad SMARTS) is 1. The number of nitrogens with zero attached hydrogens (tertiary/aromatic N) is 4. The second kappa shape index (κ2) is 4.32. The maximum absolute atomic E-state index is 11.2. The van der Waals surface area contributed by atoms with Crippen molar-refractivity contribution in [3.8, 4) is 16.6 Å². The molecular formula is C11H8N4O3S. The highest BCUT2D eigenvalue weighted by atomic mass is 32.1. The van der Waals surface area contributed by atoms with Crippen molar-refractivity contribution in [2.24, 2.45) is 0 Å². The molecule has 3 aromatic heterocycles. The Morgan fingerprint density at radius 2 is 2.37 bits per heavy atom. The Morgan fingerprint density at radius 3 is 2.95 bits per heavy atom. The lowest BCUT2D eigenvalue weighted by Gasteiger charge is -2.00. The van der Waals surface area contributed by atoms with E-state index in [1.165, 1.54) is 22.3 Å². The van der Waals surface area contributed by atoms with Crippen LogP contribution in [0, 0.1) is 6.92 Å². The summed E-state index contributed by atoms with van der Waals surface area (Å²) >= 11 is 1.35. The van der Waals surface area contributed by atoms with Crippen molar-refractivity contribution in [2.45, 2.75) is 6.92 Å². The van der Waals surface area contributed by atoms with E-state index in [2.05, 4.69) is 15.3 Å². The van der Waals surface area contributed by atoms with E-state index in [0.717, 1.165) is 5.69 Å². The van der Waals surface area contributed by atoms with Crippen molar-refractivity contribution in [1.29, 1.82) is 0 Å². The first kappa shape index (κ1) is 11.6. The van der Waals surface area contributed by atoms with Gasteiger partial charge in [0.15, 0.2) is 5.76 Å². The number of carboxylic acids is 1. The van der Waals surface area contributed by atoms with E-state index in [1.807, 2.05) is 12.3 Å².